The largest absolute Gasteiger partial charge is 0.495 e. The highest BCUT2D eigenvalue weighted by Crippen LogP contribution is 2.46. The van der Waals surface area contributed by atoms with E-state index in [1.165, 1.54) is 18.9 Å². The number of halogens is 1. The van der Waals surface area contributed by atoms with Crippen LogP contribution in [0.2, 0.25) is 5.02 Å². The van der Waals surface area contributed by atoms with Crippen molar-refractivity contribution in [3.63, 3.8) is 0 Å². The Morgan fingerprint density at radius 1 is 1.11 bits per heavy atom. The van der Waals surface area contributed by atoms with E-state index in [-0.39, 0.29) is 23.5 Å². The van der Waals surface area contributed by atoms with Crippen molar-refractivity contribution in [2.45, 2.75) is 19.8 Å². The Kier molecular flexibility index (Phi) is 7.05. The van der Waals surface area contributed by atoms with Gasteiger partial charge in [-0.15, -0.1) is 0 Å². The third-order valence-corrected chi connectivity index (χ3v) is 7.88. The predicted octanol–water partition coefficient (Wildman–Crippen LogP) is 5.30. The molecule has 3 aromatic rings. The minimum atomic E-state index is -0.574. The van der Waals surface area contributed by atoms with Gasteiger partial charge in [-0.05, 0) is 55.8 Å². The number of amides is 2. The summed E-state index contributed by atoms with van der Waals surface area (Å²) in [5.41, 5.74) is 4.21. The Morgan fingerprint density at radius 2 is 1.89 bits per heavy atom. The molecule has 0 saturated carbocycles. The second-order valence-electron chi connectivity index (χ2n) is 8.90. The number of anilines is 2. The molecule has 194 valence electrons. The molecule has 0 fully saturated rings. The number of carbonyl (C=O) groups is 3. The lowest BCUT2D eigenvalue weighted by Gasteiger charge is -2.27. The summed E-state index contributed by atoms with van der Waals surface area (Å²) in [5.74, 6) is -0.806. The van der Waals surface area contributed by atoms with Gasteiger partial charge in [-0.1, -0.05) is 41.6 Å². The van der Waals surface area contributed by atoms with Crippen LogP contribution < -0.4 is 20.7 Å². The second kappa shape index (κ2) is 10.4. The number of allylic oxidation sites excluding steroid dienone is 2. The van der Waals surface area contributed by atoms with E-state index in [9.17, 15) is 14.4 Å². The lowest BCUT2D eigenvalue weighted by Crippen LogP contribution is -2.31. The maximum Gasteiger partial charge on any atom is 0.261 e. The highest BCUT2D eigenvalue weighted by Gasteiger charge is 2.44. The van der Waals surface area contributed by atoms with Crippen LogP contribution in [0.4, 0.5) is 11.4 Å². The van der Waals surface area contributed by atoms with Gasteiger partial charge < -0.3 is 20.7 Å². The fourth-order valence-electron chi connectivity index (χ4n) is 4.62. The molecule has 0 aliphatic carbocycles. The molecule has 3 heterocycles. The fourth-order valence-corrected chi connectivity index (χ4v) is 5.73. The molecule has 8 nitrogen and oxygen atoms in total. The number of fused-ring (bicyclic) bond motifs is 3. The van der Waals surface area contributed by atoms with Crippen molar-refractivity contribution in [1.82, 2.24) is 9.88 Å². The van der Waals surface area contributed by atoms with Gasteiger partial charge in [-0.2, -0.15) is 0 Å². The summed E-state index contributed by atoms with van der Waals surface area (Å²) >= 11 is 7.39. The van der Waals surface area contributed by atoms with Crippen LogP contribution in [0.1, 0.15) is 28.9 Å². The number of nitrogens with one attached hydrogen (secondary N) is 3. The molecular weight excluding hydrogens is 524 g/mol. The lowest BCUT2D eigenvalue weighted by atomic mass is 9.86. The Labute approximate surface area is 229 Å². The number of rotatable bonds is 7. The zero-order chi connectivity index (χ0) is 27.0. The van der Waals surface area contributed by atoms with Gasteiger partial charge in [0.15, 0.2) is 0 Å². The van der Waals surface area contributed by atoms with Crippen molar-refractivity contribution in [2.75, 3.05) is 23.5 Å². The molecule has 2 amide bonds. The minimum absolute atomic E-state index is 0.0578. The van der Waals surface area contributed by atoms with E-state index >= 15 is 0 Å². The first-order valence-corrected chi connectivity index (χ1v) is 13.2. The Bertz CT molecular complexity index is 1540. The molecule has 3 N–H and O–H groups in total. The van der Waals surface area contributed by atoms with Crippen LogP contribution in [0.5, 0.6) is 5.75 Å². The van der Waals surface area contributed by atoms with Crippen molar-refractivity contribution in [3.05, 3.63) is 98.9 Å². The number of ether oxygens (including phenoxy) is 1. The summed E-state index contributed by atoms with van der Waals surface area (Å²) in [4.78, 5) is 39.7. The summed E-state index contributed by atoms with van der Waals surface area (Å²) in [7, 11) is 1.54. The first kappa shape index (κ1) is 25.7. The first-order chi connectivity index (χ1) is 18.3. The molecule has 2 aliphatic rings. The number of nitrogens with zero attached hydrogens (tertiary/aromatic N) is 1. The monoisotopic (exact) mass is 548 g/mol. The summed E-state index contributed by atoms with van der Waals surface area (Å²) in [5, 5.41) is 10.1. The number of para-hydroxylation sites is 2. The number of aryl methyl sites for hydroxylation is 1. The van der Waals surface area contributed by atoms with Crippen LogP contribution in [0.25, 0.3) is 0 Å². The maximum atomic E-state index is 13.6. The van der Waals surface area contributed by atoms with Gasteiger partial charge >= 0.3 is 0 Å². The molecular formula is C28H25ClN4O4S. The molecule has 38 heavy (non-hydrogen) atoms. The van der Waals surface area contributed by atoms with E-state index in [2.05, 4.69) is 16.0 Å². The number of hydrogen-bond donors (Lipinski definition) is 3. The molecule has 2 aromatic carbocycles. The van der Waals surface area contributed by atoms with Crippen molar-refractivity contribution in [3.8, 4) is 5.75 Å². The van der Waals surface area contributed by atoms with E-state index in [0.29, 0.717) is 49.7 Å². The van der Waals surface area contributed by atoms with Crippen molar-refractivity contribution >= 4 is 52.5 Å². The molecule has 0 bridgehead atoms. The first-order valence-electron chi connectivity index (χ1n) is 11.9. The summed E-state index contributed by atoms with van der Waals surface area (Å²) < 4.78 is 6.92. The smallest absolute Gasteiger partial charge is 0.261 e. The molecule has 0 radical (unpaired) electrons. The number of dihydropyridines is 1. The highest BCUT2D eigenvalue weighted by molar-refractivity contribution is 8.03. The normalized spacial score (nSPS) is 16.1. The number of aromatic nitrogens is 1. The van der Waals surface area contributed by atoms with Crippen molar-refractivity contribution in [2.24, 2.45) is 0 Å². The van der Waals surface area contributed by atoms with Gasteiger partial charge in [0.1, 0.15) is 5.75 Å². The molecule has 2 aliphatic heterocycles. The average Bonchev–Trinajstić information content (AvgIpc) is 3.48. The minimum Gasteiger partial charge on any atom is -0.495 e. The number of carbonyl (C=O) groups excluding carboxylic acids is 3. The van der Waals surface area contributed by atoms with E-state index < -0.39 is 5.92 Å². The predicted molar refractivity (Wildman–Crippen MR) is 150 cm³/mol. The third kappa shape index (κ3) is 4.70. The van der Waals surface area contributed by atoms with Crippen LogP contribution in [0.15, 0.2) is 82.7 Å². The van der Waals surface area contributed by atoms with Gasteiger partial charge in [0.25, 0.3) is 11.8 Å². The van der Waals surface area contributed by atoms with Crippen LogP contribution >= 0.6 is 23.4 Å². The molecule has 0 spiro atoms. The number of thioether (sulfide) groups is 1. The molecule has 5 rings (SSSR count). The van der Waals surface area contributed by atoms with Crippen LogP contribution in [-0.2, 0) is 9.59 Å². The summed E-state index contributed by atoms with van der Waals surface area (Å²) in [6, 6.07) is 16.1. The summed E-state index contributed by atoms with van der Waals surface area (Å²) in [6.45, 7) is 3.68. The van der Waals surface area contributed by atoms with E-state index in [1.54, 1.807) is 54.1 Å². The molecule has 10 heteroatoms. The average molecular weight is 549 g/mol. The van der Waals surface area contributed by atoms with Crippen LogP contribution in [0.3, 0.4) is 0 Å². The quantitative estimate of drug-likeness (QED) is 0.370. The Hall–Kier alpha value is -3.95. The maximum absolute atomic E-state index is 13.6. The second-order valence-corrected chi connectivity index (χ2v) is 10.3. The number of hydrogen-bond acceptors (Lipinski definition) is 6. The van der Waals surface area contributed by atoms with E-state index in [0.717, 1.165) is 5.56 Å². The Balaban J connectivity index is 1.40. The Morgan fingerprint density at radius 3 is 2.66 bits per heavy atom. The van der Waals surface area contributed by atoms with Gasteiger partial charge in [0, 0.05) is 33.9 Å². The zero-order valence-corrected chi connectivity index (χ0v) is 22.5. The van der Waals surface area contributed by atoms with E-state index in [1.807, 2.05) is 25.1 Å². The lowest BCUT2D eigenvalue weighted by molar-refractivity contribution is -0.114. The van der Waals surface area contributed by atoms with Gasteiger partial charge in [-0.3, -0.25) is 19.0 Å². The van der Waals surface area contributed by atoms with Crippen molar-refractivity contribution < 1.29 is 19.1 Å². The topological polar surface area (TPSA) is 101 Å². The number of methoxy groups -OCH3 is 1. The SMILES string of the molecule is COc1ccccc1NC(=O)C1=C(C)NC(SCC(=O)Nc2ccc(C)c(Cl)c2)=C2C(=O)n3cccc3C12. The molecule has 1 aromatic heterocycles. The molecule has 1 unspecified atom stereocenters. The van der Waals surface area contributed by atoms with Crippen LogP contribution in [0, 0.1) is 6.92 Å². The summed E-state index contributed by atoms with van der Waals surface area (Å²) in [6.07, 6.45) is 1.68. The zero-order valence-electron chi connectivity index (χ0n) is 20.9. The fraction of sp³-hybridized carbons (Fsp3) is 0.179. The van der Waals surface area contributed by atoms with Gasteiger partial charge in [0.2, 0.25) is 5.91 Å². The molecule has 1 atom stereocenters. The standard InChI is InChI=1S/C28H25ClN4O4S/c1-15-10-11-17(13-18(15)29)31-22(34)14-38-27-25-24(20-8-6-12-33(20)28(25)36)23(16(2)30-27)26(35)32-19-7-4-5-9-21(19)37-3/h4-13,24,30H,14H2,1-3H3,(H,31,34)(H,32,35). The highest BCUT2D eigenvalue weighted by atomic mass is 35.5. The third-order valence-electron chi connectivity index (χ3n) is 6.46. The molecule has 0 saturated heterocycles. The van der Waals surface area contributed by atoms with Crippen LogP contribution in [-0.4, -0.2) is 35.2 Å². The van der Waals surface area contributed by atoms with E-state index in [4.69, 9.17) is 16.3 Å². The van der Waals surface area contributed by atoms with Gasteiger partial charge in [-0.25, -0.2) is 0 Å². The van der Waals surface area contributed by atoms with Crippen molar-refractivity contribution in [1.29, 1.82) is 0 Å². The van der Waals surface area contributed by atoms with Gasteiger partial charge in [0.05, 0.1) is 35.1 Å². The number of benzene rings is 2.